The summed E-state index contributed by atoms with van der Waals surface area (Å²) in [5.41, 5.74) is 0.711. The van der Waals surface area contributed by atoms with Crippen LogP contribution >= 0.6 is 34.2 Å². The van der Waals surface area contributed by atoms with E-state index in [0.29, 0.717) is 31.2 Å². The summed E-state index contributed by atoms with van der Waals surface area (Å²) in [5.74, 6) is 0.450. The van der Waals surface area contributed by atoms with Crippen LogP contribution in [0.5, 0.6) is 0 Å². The van der Waals surface area contributed by atoms with Crippen molar-refractivity contribution in [2.75, 3.05) is 25.6 Å². The van der Waals surface area contributed by atoms with Crippen LogP contribution in [-0.2, 0) is 4.74 Å². The van der Waals surface area contributed by atoms with Crippen molar-refractivity contribution in [2.45, 2.75) is 6.04 Å². The molecule has 1 amide bonds. The zero-order valence-corrected chi connectivity index (χ0v) is 12.1. The van der Waals surface area contributed by atoms with E-state index in [1.165, 1.54) is 0 Å². The highest BCUT2D eigenvalue weighted by Gasteiger charge is 2.27. The Labute approximate surface area is 119 Å². The Balaban J connectivity index is 2.15. The van der Waals surface area contributed by atoms with E-state index in [-0.39, 0.29) is 11.9 Å². The molecule has 0 spiro atoms. The number of carbonyl (C=O) groups excluding carboxylic acids is 1. The van der Waals surface area contributed by atoms with E-state index >= 15 is 0 Å². The molecule has 1 unspecified atom stereocenters. The highest BCUT2D eigenvalue weighted by molar-refractivity contribution is 14.1. The van der Waals surface area contributed by atoms with Gasteiger partial charge in [-0.25, -0.2) is 0 Å². The first-order valence-electron chi connectivity index (χ1n) is 5.42. The van der Waals surface area contributed by atoms with Crippen molar-refractivity contribution in [3.63, 3.8) is 0 Å². The maximum atomic E-state index is 12.3. The summed E-state index contributed by atoms with van der Waals surface area (Å²) in [5, 5.41) is 0. The van der Waals surface area contributed by atoms with Crippen LogP contribution in [0, 0.1) is 3.57 Å². The van der Waals surface area contributed by atoms with E-state index in [4.69, 9.17) is 16.3 Å². The molecule has 1 fully saturated rings. The van der Waals surface area contributed by atoms with Gasteiger partial charge >= 0.3 is 0 Å². The van der Waals surface area contributed by atoms with Gasteiger partial charge in [-0.05, 0) is 46.9 Å². The van der Waals surface area contributed by atoms with Gasteiger partial charge in [0.15, 0.2) is 0 Å². The lowest BCUT2D eigenvalue weighted by Gasteiger charge is -2.34. The Morgan fingerprint density at radius 3 is 2.82 bits per heavy atom. The Hall–Kier alpha value is -0.330. The Morgan fingerprint density at radius 2 is 2.18 bits per heavy atom. The van der Waals surface area contributed by atoms with Gasteiger partial charge < -0.3 is 9.64 Å². The molecule has 1 aromatic rings. The van der Waals surface area contributed by atoms with Crippen molar-refractivity contribution < 1.29 is 9.53 Å². The molecule has 1 heterocycles. The highest BCUT2D eigenvalue weighted by Crippen LogP contribution is 2.15. The topological polar surface area (TPSA) is 29.5 Å². The molecular weight excluding hydrogens is 352 g/mol. The fraction of sp³-hybridized carbons (Fsp3) is 0.417. The molecule has 0 N–H and O–H groups in total. The standard InChI is InChI=1S/C12H13ClINO2/c13-7-11-8-17-6-5-15(11)12(16)9-1-3-10(14)4-2-9/h1-4,11H,5-8H2. The van der Waals surface area contributed by atoms with Crippen LogP contribution < -0.4 is 0 Å². The number of hydrogen-bond acceptors (Lipinski definition) is 2. The molecule has 1 atom stereocenters. The number of hydrogen-bond donors (Lipinski definition) is 0. The molecule has 0 bridgehead atoms. The zero-order valence-electron chi connectivity index (χ0n) is 9.23. The summed E-state index contributed by atoms with van der Waals surface area (Å²) in [6.07, 6.45) is 0. The average molecular weight is 366 g/mol. The molecule has 1 aliphatic rings. The third-order valence-electron chi connectivity index (χ3n) is 2.76. The van der Waals surface area contributed by atoms with Crippen molar-refractivity contribution in [1.29, 1.82) is 0 Å². The van der Waals surface area contributed by atoms with E-state index in [9.17, 15) is 4.79 Å². The highest BCUT2D eigenvalue weighted by atomic mass is 127. The smallest absolute Gasteiger partial charge is 0.254 e. The molecule has 0 saturated carbocycles. The minimum Gasteiger partial charge on any atom is -0.377 e. The summed E-state index contributed by atoms with van der Waals surface area (Å²) in [4.78, 5) is 14.1. The van der Waals surface area contributed by atoms with E-state index in [1.807, 2.05) is 24.3 Å². The molecule has 0 radical (unpaired) electrons. The number of alkyl halides is 1. The van der Waals surface area contributed by atoms with Crippen molar-refractivity contribution in [3.05, 3.63) is 33.4 Å². The number of ether oxygens (including phenoxy) is 1. The molecule has 0 aliphatic carbocycles. The molecule has 0 aromatic heterocycles. The molecular formula is C12H13ClINO2. The van der Waals surface area contributed by atoms with Crippen LogP contribution in [0.25, 0.3) is 0 Å². The maximum absolute atomic E-state index is 12.3. The summed E-state index contributed by atoms with van der Waals surface area (Å²) in [6, 6.07) is 7.56. The van der Waals surface area contributed by atoms with Crippen LogP contribution in [0.1, 0.15) is 10.4 Å². The first-order chi connectivity index (χ1) is 8.22. The van der Waals surface area contributed by atoms with Crippen LogP contribution in [0.2, 0.25) is 0 Å². The third kappa shape index (κ3) is 3.11. The van der Waals surface area contributed by atoms with Crippen LogP contribution in [0.15, 0.2) is 24.3 Å². The summed E-state index contributed by atoms with van der Waals surface area (Å²) < 4.78 is 6.45. The van der Waals surface area contributed by atoms with Gasteiger partial charge in [0.25, 0.3) is 5.91 Å². The lowest BCUT2D eigenvalue weighted by atomic mass is 10.1. The second kappa shape index (κ2) is 6.02. The summed E-state index contributed by atoms with van der Waals surface area (Å²) >= 11 is 8.08. The molecule has 92 valence electrons. The number of halogens is 2. The maximum Gasteiger partial charge on any atom is 0.254 e. The number of nitrogens with zero attached hydrogens (tertiary/aromatic N) is 1. The van der Waals surface area contributed by atoms with Gasteiger partial charge in [-0.2, -0.15) is 0 Å². The minimum absolute atomic E-state index is 0.0165. The molecule has 1 saturated heterocycles. The van der Waals surface area contributed by atoms with Gasteiger partial charge in [-0.1, -0.05) is 0 Å². The zero-order chi connectivity index (χ0) is 12.3. The summed E-state index contributed by atoms with van der Waals surface area (Å²) in [6.45, 7) is 1.73. The van der Waals surface area contributed by atoms with Crippen molar-refractivity contribution in [3.8, 4) is 0 Å². The van der Waals surface area contributed by atoms with Crippen LogP contribution in [0.3, 0.4) is 0 Å². The quantitative estimate of drug-likeness (QED) is 0.595. The fourth-order valence-corrected chi connectivity index (χ4v) is 2.42. The van der Waals surface area contributed by atoms with Gasteiger partial charge in [0, 0.05) is 21.6 Å². The van der Waals surface area contributed by atoms with E-state index in [1.54, 1.807) is 4.90 Å². The fourth-order valence-electron chi connectivity index (χ4n) is 1.81. The third-order valence-corrected chi connectivity index (χ3v) is 3.83. The molecule has 17 heavy (non-hydrogen) atoms. The lowest BCUT2D eigenvalue weighted by Crippen LogP contribution is -2.49. The number of rotatable bonds is 2. The Bertz CT molecular complexity index is 396. The number of benzene rings is 1. The summed E-state index contributed by atoms with van der Waals surface area (Å²) in [7, 11) is 0. The van der Waals surface area contributed by atoms with Crippen molar-refractivity contribution in [1.82, 2.24) is 4.90 Å². The first-order valence-corrected chi connectivity index (χ1v) is 7.04. The number of amides is 1. The van der Waals surface area contributed by atoms with Gasteiger partial charge in [-0.15, -0.1) is 11.6 Å². The van der Waals surface area contributed by atoms with E-state index < -0.39 is 0 Å². The predicted octanol–water partition coefficient (Wildman–Crippen LogP) is 2.37. The molecule has 5 heteroatoms. The van der Waals surface area contributed by atoms with Crippen molar-refractivity contribution >= 4 is 40.1 Å². The first kappa shape index (κ1) is 13.1. The minimum atomic E-state index is -0.0165. The molecule has 2 rings (SSSR count). The van der Waals surface area contributed by atoms with E-state index in [2.05, 4.69) is 22.6 Å². The molecule has 1 aliphatic heterocycles. The van der Waals surface area contributed by atoms with Gasteiger partial charge in [-0.3, -0.25) is 4.79 Å². The van der Waals surface area contributed by atoms with Crippen LogP contribution in [0.4, 0.5) is 0 Å². The molecule has 1 aromatic carbocycles. The molecule has 3 nitrogen and oxygen atoms in total. The Kier molecular flexibility index (Phi) is 4.64. The van der Waals surface area contributed by atoms with Crippen LogP contribution in [-0.4, -0.2) is 42.5 Å². The van der Waals surface area contributed by atoms with Gasteiger partial charge in [0.2, 0.25) is 0 Å². The van der Waals surface area contributed by atoms with Gasteiger partial charge in [0.1, 0.15) is 0 Å². The number of morpholine rings is 1. The normalized spacial score (nSPS) is 20.4. The predicted molar refractivity (Wildman–Crippen MR) is 75.5 cm³/mol. The monoisotopic (exact) mass is 365 g/mol. The lowest BCUT2D eigenvalue weighted by molar-refractivity contribution is 0.00456. The largest absolute Gasteiger partial charge is 0.377 e. The van der Waals surface area contributed by atoms with Crippen molar-refractivity contribution in [2.24, 2.45) is 0 Å². The second-order valence-electron chi connectivity index (χ2n) is 3.89. The van der Waals surface area contributed by atoms with E-state index in [0.717, 1.165) is 3.57 Å². The Morgan fingerprint density at radius 1 is 1.47 bits per heavy atom. The second-order valence-corrected chi connectivity index (χ2v) is 5.44. The number of carbonyl (C=O) groups is 1. The van der Waals surface area contributed by atoms with Gasteiger partial charge in [0.05, 0.1) is 19.3 Å². The average Bonchev–Trinajstić information content (AvgIpc) is 2.39. The SMILES string of the molecule is O=C(c1ccc(I)cc1)N1CCOCC1CCl.